The quantitative estimate of drug-likeness (QED) is 0.809. The average molecular weight is 416 g/mol. The van der Waals surface area contributed by atoms with Crippen molar-refractivity contribution < 1.29 is 17.9 Å². The predicted molar refractivity (Wildman–Crippen MR) is 112 cm³/mol. The lowest BCUT2D eigenvalue weighted by atomic mass is 10.1. The molecule has 2 aliphatic heterocycles. The minimum absolute atomic E-state index is 0.127. The first-order valence-corrected chi connectivity index (χ1v) is 11.2. The number of anilines is 2. The Morgan fingerprint density at radius 1 is 1.10 bits per heavy atom. The van der Waals surface area contributed by atoms with Crippen molar-refractivity contribution >= 4 is 27.3 Å². The molecule has 154 valence electrons. The number of nitrogens with zero attached hydrogens (tertiary/aromatic N) is 2. The number of morpholine rings is 1. The molecular formula is C21H25N3O4S. The van der Waals surface area contributed by atoms with Crippen LogP contribution < -0.4 is 10.2 Å². The van der Waals surface area contributed by atoms with Gasteiger partial charge >= 0.3 is 0 Å². The van der Waals surface area contributed by atoms with Gasteiger partial charge in [-0.1, -0.05) is 18.2 Å². The van der Waals surface area contributed by atoms with E-state index >= 15 is 0 Å². The van der Waals surface area contributed by atoms with Crippen LogP contribution in [0.15, 0.2) is 53.4 Å². The highest BCUT2D eigenvalue weighted by Gasteiger charge is 2.28. The van der Waals surface area contributed by atoms with Gasteiger partial charge in [-0.2, -0.15) is 4.31 Å². The third-order valence-electron chi connectivity index (χ3n) is 5.41. The van der Waals surface area contributed by atoms with Crippen LogP contribution in [0.25, 0.3) is 0 Å². The number of nitrogens with one attached hydrogen (secondary N) is 1. The fourth-order valence-electron chi connectivity index (χ4n) is 3.87. The van der Waals surface area contributed by atoms with Gasteiger partial charge in [0.15, 0.2) is 0 Å². The van der Waals surface area contributed by atoms with Crippen molar-refractivity contribution in [2.24, 2.45) is 0 Å². The highest BCUT2D eigenvalue weighted by molar-refractivity contribution is 7.89. The van der Waals surface area contributed by atoms with Gasteiger partial charge in [-0.25, -0.2) is 8.42 Å². The van der Waals surface area contributed by atoms with Crippen molar-refractivity contribution in [3.8, 4) is 0 Å². The molecule has 0 bridgehead atoms. The lowest BCUT2D eigenvalue weighted by molar-refractivity contribution is -0.115. The monoisotopic (exact) mass is 415 g/mol. The standard InChI is InChI=1S/C21H25N3O4S/c1-16-14-17-4-2-3-5-20(17)24(16)15-21(25)22-18-6-8-19(9-7-18)29(26,27)23-10-12-28-13-11-23/h2-9,16H,10-15H2,1H3,(H,22,25). The molecule has 1 atom stereocenters. The summed E-state index contributed by atoms with van der Waals surface area (Å²) in [5.74, 6) is -0.127. The second kappa shape index (κ2) is 8.14. The van der Waals surface area contributed by atoms with Crippen molar-refractivity contribution in [1.29, 1.82) is 0 Å². The normalized spacial score (nSPS) is 19.8. The number of rotatable bonds is 5. The van der Waals surface area contributed by atoms with Crippen LogP contribution >= 0.6 is 0 Å². The molecule has 2 aromatic carbocycles. The molecule has 8 heteroatoms. The molecule has 2 aromatic rings. The van der Waals surface area contributed by atoms with Gasteiger partial charge in [0.2, 0.25) is 15.9 Å². The minimum Gasteiger partial charge on any atom is -0.379 e. The van der Waals surface area contributed by atoms with E-state index in [-0.39, 0.29) is 23.4 Å². The van der Waals surface area contributed by atoms with Gasteiger partial charge in [0.1, 0.15) is 0 Å². The number of benzene rings is 2. The molecular weight excluding hydrogens is 390 g/mol. The fourth-order valence-corrected chi connectivity index (χ4v) is 5.28. The van der Waals surface area contributed by atoms with Crippen LogP contribution in [0.4, 0.5) is 11.4 Å². The second-order valence-corrected chi connectivity index (χ2v) is 9.34. The maximum Gasteiger partial charge on any atom is 0.243 e. The summed E-state index contributed by atoms with van der Waals surface area (Å²) in [5, 5.41) is 2.87. The zero-order valence-corrected chi connectivity index (χ0v) is 17.2. The molecule has 0 aliphatic carbocycles. The van der Waals surface area contributed by atoms with E-state index in [2.05, 4.69) is 23.2 Å². The lowest BCUT2D eigenvalue weighted by Crippen LogP contribution is -2.40. The van der Waals surface area contributed by atoms with Crippen molar-refractivity contribution in [1.82, 2.24) is 4.31 Å². The summed E-state index contributed by atoms with van der Waals surface area (Å²) in [5.41, 5.74) is 2.93. The van der Waals surface area contributed by atoms with Crippen LogP contribution in [0, 0.1) is 0 Å². The van der Waals surface area contributed by atoms with Gasteiger partial charge in [0.25, 0.3) is 0 Å². The Morgan fingerprint density at radius 3 is 2.52 bits per heavy atom. The number of para-hydroxylation sites is 1. The summed E-state index contributed by atoms with van der Waals surface area (Å²) in [4.78, 5) is 14.9. The van der Waals surface area contributed by atoms with Crippen LogP contribution in [0.1, 0.15) is 12.5 Å². The summed E-state index contributed by atoms with van der Waals surface area (Å²) in [6, 6.07) is 14.7. The van der Waals surface area contributed by atoms with Crippen LogP contribution in [0.2, 0.25) is 0 Å². The van der Waals surface area contributed by atoms with E-state index in [0.29, 0.717) is 32.0 Å². The largest absolute Gasteiger partial charge is 0.379 e. The summed E-state index contributed by atoms with van der Waals surface area (Å²) in [7, 11) is -3.53. The predicted octanol–water partition coefficient (Wildman–Crippen LogP) is 2.10. The fraction of sp³-hybridized carbons (Fsp3) is 0.381. The van der Waals surface area contributed by atoms with Crippen LogP contribution in [0.3, 0.4) is 0 Å². The molecule has 4 rings (SSSR count). The summed E-state index contributed by atoms with van der Waals surface area (Å²) < 4.78 is 32.0. The topological polar surface area (TPSA) is 79.0 Å². The minimum atomic E-state index is -3.53. The molecule has 1 N–H and O–H groups in total. The number of carbonyl (C=O) groups excluding carboxylic acids is 1. The van der Waals surface area contributed by atoms with Gasteiger partial charge < -0.3 is 15.0 Å². The number of amides is 1. The Balaban J connectivity index is 1.41. The lowest BCUT2D eigenvalue weighted by Gasteiger charge is -2.26. The average Bonchev–Trinajstić information content (AvgIpc) is 3.04. The molecule has 0 aromatic heterocycles. The van der Waals surface area contributed by atoms with Crippen molar-refractivity contribution in [3.63, 3.8) is 0 Å². The summed E-state index contributed by atoms with van der Waals surface area (Å²) in [6.45, 7) is 3.90. The number of carbonyl (C=O) groups is 1. The molecule has 1 fully saturated rings. The SMILES string of the molecule is CC1Cc2ccccc2N1CC(=O)Nc1ccc(S(=O)(=O)N2CCOCC2)cc1. The third-order valence-corrected chi connectivity index (χ3v) is 7.32. The van der Waals surface area contributed by atoms with E-state index in [0.717, 1.165) is 12.1 Å². The number of sulfonamides is 1. The summed E-state index contributed by atoms with van der Waals surface area (Å²) in [6.07, 6.45) is 0.928. The maximum absolute atomic E-state index is 12.7. The van der Waals surface area contributed by atoms with Gasteiger partial charge in [-0.05, 0) is 49.2 Å². The zero-order chi connectivity index (χ0) is 20.4. The molecule has 29 heavy (non-hydrogen) atoms. The van der Waals surface area contributed by atoms with E-state index < -0.39 is 10.0 Å². The van der Waals surface area contributed by atoms with E-state index in [9.17, 15) is 13.2 Å². The Kier molecular flexibility index (Phi) is 5.58. The summed E-state index contributed by atoms with van der Waals surface area (Å²) >= 11 is 0. The first-order chi connectivity index (χ1) is 13.9. The van der Waals surface area contributed by atoms with Crippen molar-refractivity contribution in [3.05, 3.63) is 54.1 Å². The molecule has 0 saturated carbocycles. The van der Waals surface area contributed by atoms with Gasteiger partial charge in [0.05, 0.1) is 24.7 Å². The van der Waals surface area contributed by atoms with Crippen molar-refractivity contribution in [2.75, 3.05) is 43.1 Å². The maximum atomic E-state index is 12.7. The first-order valence-electron chi connectivity index (χ1n) is 9.77. The number of fused-ring (bicyclic) bond motifs is 1. The van der Waals surface area contributed by atoms with Gasteiger partial charge in [-0.15, -0.1) is 0 Å². The van der Waals surface area contributed by atoms with Gasteiger partial charge in [0, 0.05) is 30.5 Å². The molecule has 1 unspecified atom stereocenters. The molecule has 7 nitrogen and oxygen atoms in total. The van der Waals surface area contributed by atoms with E-state index in [4.69, 9.17) is 4.74 Å². The number of hydrogen-bond donors (Lipinski definition) is 1. The van der Waals surface area contributed by atoms with Crippen LogP contribution in [0.5, 0.6) is 0 Å². The Labute approximate surface area is 171 Å². The molecule has 1 saturated heterocycles. The third kappa shape index (κ3) is 4.14. The first kappa shape index (κ1) is 19.9. The Morgan fingerprint density at radius 2 is 1.79 bits per heavy atom. The number of hydrogen-bond acceptors (Lipinski definition) is 5. The van der Waals surface area contributed by atoms with Gasteiger partial charge in [-0.3, -0.25) is 4.79 Å². The van der Waals surface area contributed by atoms with E-state index in [1.165, 1.54) is 22.0 Å². The highest BCUT2D eigenvalue weighted by Crippen LogP contribution is 2.31. The zero-order valence-electron chi connectivity index (χ0n) is 16.4. The smallest absolute Gasteiger partial charge is 0.243 e. The second-order valence-electron chi connectivity index (χ2n) is 7.40. The van der Waals surface area contributed by atoms with E-state index in [1.54, 1.807) is 12.1 Å². The molecule has 0 spiro atoms. The molecule has 0 radical (unpaired) electrons. The molecule has 2 heterocycles. The Hall–Kier alpha value is -2.42. The Bertz CT molecular complexity index is 985. The number of ether oxygens (including phenoxy) is 1. The molecule has 2 aliphatic rings. The van der Waals surface area contributed by atoms with E-state index in [1.807, 2.05) is 18.2 Å². The van der Waals surface area contributed by atoms with Crippen molar-refractivity contribution in [2.45, 2.75) is 24.3 Å². The highest BCUT2D eigenvalue weighted by atomic mass is 32.2. The van der Waals surface area contributed by atoms with Crippen LogP contribution in [-0.2, 0) is 26.0 Å². The molecule has 1 amide bonds. The van der Waals surface area contributed by atoms with Crippen LogP contribution in [-0.4, -0.2) is 57.5 Å².